The van der Waals surface area contributed by atoms with E-state index in [1.165, 1.54) is 19.2 Å². The number of esters is 1. The molecule has 0 saturated carbocycles. The molecular weight excluding hydrogens is 320 g/mol. The third-order valence-electron chi connectivity index (χ3n) is 3.81. The van der Waals surface area contributed by atoms with E-state index < -0.39 is 18.0 Å². The summed E-state index contributed by atoms with van der Waals surface area (Å²) in [6.07, 6.45) is 0.264. The van der Waals surface area contributed by atoms with Gasteiger partial charge in [-0.3, -0.25) is 0 Å². The second-order valence-corrected chi connectivity index (χ2v) is 5.70. The van der Waals surface area contributed by atoms with Crippen LogP contribution in [0, 0.1) is 0 Å². The predicted molar refractivity (Wildman–Crippen MR) is 94.1 cm³/mol. The highest BCUT2D eigenvalue weighted by Gasteiger charge is 2.22. The van der Waals surface area contributed by atoms with Crippen molar-refractivity contribution in [3.63, 3.8) is 0 Å². The van der Waals surface area contributed by atoms with E-state index in [0.29, 0.717) is 0 Å². The Labute approximate surface area is 146 Å². The Morgan fingerprint density at radius 3 is 2.28 bits per heavy atom. The smallest absolute Gasteiger partial charge is 0.328 e. The van der Waals surface area contributed by atoms with Crippen LogP contribution in [0.1, 0.15) is 24.1 Å². The number of hydrogen-bond donors (Lipinski definition) is 3. The average Bonchev–Trinajstić information content (AvgIpc) is 2.63. The quantitative estimate of drug-likeness (QED) is 0.704. The van der Waals surface area contributed by atoms with Gasteiger partial charge in [0.15, 0.2) is 0 Å². The summed E-state index contributed by atoms with van der Waals surface area (Å²) in [6.45, 7) is 1.86. The maximum absolute atomic E-state index is 12.2. The van der Waals surface area contributed by atoms with E-state index in [-0.39, 0.29) is 18.2 Å². The van der Waals surface area contributed by atoms with Crippen molar-refractivity contribution in [1.29, 1.82) is 0 Å². The highest BCUT2D eigenvalue weighted by atomic mass is 16.5. The Hall–Kier alpha value is -3.02. The van der Waals surface area contributed by atoms with E-state index in [1.807, 2.05) is 37.3 Å². The summed E-state index contributed by atoms with van der Waals surface area (Å²) in [4.78, 5) is 24.2. The lowest BCUT2D eigenvalue weighted by Gasteiger charge is -2.20. The summed E-state index contributed by atoms with van der Waals surface area (Å²) >= 11 is 0. The normalized spacial score (nSPS) is 12.7. The summed E-state index contributed by atoms with van der Waals surface area (Å²) in [5.41, 5.74) is 1.76. The fraction of sp³-hybridized carbons (Fsp3) is 0.263. The molecule has 0 heterocycles. The van der Waals surface area contributed by atoms with E-state index in [9.17, 15) is 14.7 Å². The van der Waals surface area contributed by atoms with Crippen molar-refractivity contribution in [2.45, 2.75) is 25.4 Å². The van der Waals surface area contributed by atoms with E-state index in [0.717, 1.165) is 11.1 Å². The second kappa shape index (κ2) is 8.73. The zero-order chi connectivity index (χ0) is 18.2. The molecule has 0 saturated heterocycles. The lowest BCUT2D eigenvalue weighted by molar-refractivity contribution is -0.142. The molecule has 2 aromatic carbocycles. The van der Waals surface area contributed by atoms with Gasteiger partial charge in [-0.05, 0) is 30.2 Å². The molecule has 0 aromatic heterocycles. The molecule has 132 valence electrons. The van der Waals surface area contributed by atoms with Crippen molar-refractivity contribution in [2.75, 3.05) is 7.11 Å². The van der Waals surface area contributed by atoms with Crippen LogP contribution in [0.4, 0.5) is 4.79 Å². The number of nitrogens with one attached hydrogen (secondary N) is 2. The third-order valence-corrected chi connectivity index (χ3v) is 3.81. The molecule has 0 bridgehead atoms. The van der Waals surface area contributed by atoms with Crippen LogP contribution in [0.5, 0.6) is 5.75 Å². The molecule has 0 aliphatic carbocycles. The number of hydrogen-bond acceptors (Lipinski definition) is 4. The van der Waals surface area contributed by atoms with Crippen LogP contribution in [-0.2, 0) is 16.0 Å². The second-order valence-electron chi connectivity index (χ2n) is 5.70. The minimum Gasteiger partial charge on any atom is -0.508 e. The fourth-order valence-electron chi connectivity index (χ4n) is 2.42. The van der Waals surface area contributed by atoms with Crippen LogP contribution >= 0.6 is 0 Å². The third kappa shape index (κ3) is 5.53. The molecule has 2 atom stereocenters. The Morgan fingerprint density at radius 1 is 1.04 bits per heavy atom. The molecule has 0 fully saturated rings. The van der Waals surface area contributed by atoms with Gasteiger partial charge >= 0.3 is 12.0 Å². The number of urea groups is 1. The zero-order valence-electron chi connectivity index (χ0n) is 14.2. The van der Waals surface area contributed by atoms with Crippen molar-refractivity contribution in [3.8, 4) is 5.75 Å². The molecule has 2 amide bonds. The monoisotopic (exact) mass is 342 g/mol. The summed E-state index contributed by atoms with van der Waals surface area (Å²) in [6, 6.07) is 14.5. The number of methoxy groups -OCH3 is 1. The van der Waals surface area contributed by atoms with Gasteiger partial charge in [-0.1, -0.05) is 42.5 Å². The molecule has 0 radical (unpaired) electrons. The summed E-state index contributed by atoms with van der Waals surface area (Å²) in [7, 11) is 1.28. The van der Waals surface area contributed by atoms with Crippen molar-refractivity contribution in [1.82, 2.24) is 10.6 Å². The number of rotatable bonds is 6. The van der Waals surface area contributed by atoms with Crippen molar-refractivity contribution < 1.29 is 19.4 Å². The molecular formula is C19H22N2O4. The molecule has 6 nitrogen and oxygen atoms in total. The number of aromatic hydroxyl groups is 1. The Kier molecular flexibility index (Phi) is 6.39. The molecule has 6 heteroatoms. The Bertz CT molecular complexity index is 701. The van der Waals surface area contributed by atoms with E-state index in [1.54, 1.807) is 12.1 Å². The number of benzene rings is 2. The van der Waals surface area contributed by atoms with Gasteiger partial charge < -0.3 is 20.5 Å². The minimum absolute atomic E-state index is 0.140. The maximum Gasteiger partial charge on any atom is 0.328 e. The van der Waals surface area contributed by atoms with Gasteiger partial charge in [0.05, 0.1) is 13.2 Å². The molecule has 0 unspecified atom stereocenters. The van der Waals surface area contributed by atoms with Crippen molar-refractivity contribution in [2.24, 2.45) is 0 Å². The van der Waals surface area contributed by atoms with Gasteiger partial charge in [0, 0.05) is 6.42 Å². The first-order valence-corrected chi connectivity index (χ1v) is 7.97. The fourth-order valence-corrected chi connectivity index (χ4v) is 2.42. The largest absolute Gasteiger partial charge is 0.508 e. The summed E-state index contributed by atoms with van der Waals surface area (Å²) < 4.78 is 4.77. The summed E-state index contributed by atoms with van der Waals surface area (Å²) in [5.74, 6) is -0.392. The lowest BCUT2D eigenvalue weighted by Crippen LogP contribution is -2.48. The number of carbonyl (C=O) groups excluding carboxylic acids is 2. The van der Waals surface area contributed by atoms with Crippen molar-refractivity contribution in [3.05, 3.63) is 65.7 Å². The van der Waals surface area contributed by atoms with Gasteiger partial charge in [0.2, 0.25) is 0 Å². The SMILES string of the molecule is COC(=O)[C@@H](Cc1ccc(O)cc1)NC(=O)N[C@H](C)c1ccccc1. The predicted octanol–water partition coefficient (Wildman–Crippen LogP) is 2.54. The highest BCUT2D eigenvalue weighted by molar-refractivity contribution is 5.84. The topological polar surface area (TPSA) is 87.7 Å². The zero-order valence-corrected chi connectivity index (χ0v) is 14.2. The van der Waals surface area contributed by atoms with Crippen LogP contribution in [0.15, 0.2) is 54.6 Å². The number of phenolic OH excluding ortho intramolecular Hbond substituents is 1. The first kappa shape index (κ1) is 18.3. The van der Waals surface area contributed by atoms with Crippen molar-refractivity contribution >= 4 is 12.0 Å². The average molecular weight is 342 g/mol. The molecule has 2 aromatic rings. The molecule has 0 spiro atoms. The Morgan fingerprint density at radius 2 is 1.68 bits per heavy atom. The number of ether oxygens (including phenoxy) is 1. The minimum atomic E-state index is -0.822. The standard InChI is InChI=1S/C19H22N2O4/c1-13(15-6-4-3-5-7-15)20-19(24)21-17(18(23)25-2)12-14-8-10-16(22)11-9-14/h3-11,13,17,22H,12H2,1-2H3,(H2,20,21,24)/t13-,17-/m1/s1. The number of carbonyl (C=O) groups is 2. The molecule has 0 aliphatic heterocycles. The van der Waals surface area contributed by atoms with Crippen LogP contribution < -0.4 is 10.6 Å². The van der Waals surface area contributed by atoms with E-state index in [4.69, 9.17) is 4.74 Å². The molecule has 0 aliphatic rings. The number of phenols is 1. The van der Waals surface area contributed by atoms with Gasteiger partial charge in [-0.25, -0.2) is 9.59 Å². The molecule has 25 heavy (non-hydrogen) atoms. The van der Waals surface area contributed by atoms with Gasteiger partial charge in [-0.15, -0.1) is 0 Å². The molecule has 2 rings (SSSR count). The number of amides is 2. The van der Waals surface area contributed by atoms with Gasteiger partial charge in [-0.2, -0.15) is 0 Å². The first-order chi connectivity index (χ1) is 12.0. The van der Waals surface area contributed by atoms with E-state index >= 15 is 0 Å². The summed E-state index contributed by atoms with van der Waals surface area (Å²) in [5, 5.41) is 14.8. The van der Waals surface area contributed by atoms with Gasteiger partial charge in [0.25, 0.3) is 0 Å². The lowest BCUT2D eigenvalue weighted by atomic mass is 10.1. The van der Waals surface area contributed by atoms with E-state index in [2.05, 4.69) is 10.6 Å². The first-order valence-electron chi connectivity index (χ1n) is 7.97. The van der Waals surface area contributed by atoms with Gasteiger partial charge in [0.1, 0.15) is 11.8 Å². The maximum atomic E-state index is 12.2. The van der Waals surface area contributed by atoms with Crippen LogP contribution in [-0.4, -0.2) is 30.3 Å². The molecule has 3 N–H and O–H groups in total. The van der Waals surface area contributed by atoms with Crippen LogP contribution in [0.25, 0.3) is 0 Å². The van der Waals surface area contributed by atoms with Crippen LogP contribution in [0.3, 0.4) is 0 Å². The Balaban J connectivity index is 1.99. The van der Waals surface area contributed by atoms with Crippen LogP contribution in [0.2, 0.25) is 0 Å². The highest BCUT2D eigenvalue weighted by Crippen LogP contribution is 2.13.